The first-order chi connectivity index (χ1) is 13.4. The van der Waals surface area contributed by atoms with Crippen LogP contribution < -0.4 is 0 Å². The molecule has 2 aromatic carbocycles. The summed E-state index contributed by atoms with van der Waals surface area (Å²) in [7, 11) is 0. The zero-order valence-corrected chi connectivity index (χ0v) is 17.9. The molecule has 3 heteroatoms. The largest absolute Gasteiger partial charge is 0.296 e. The standard InChI is InChI=1S/C25H35N3/c1-21-15-26(16-22-11-7-5-8-12-22)18-25(19-27(20-25)24(2,3)4)28(21)17-23-13-9-6-10-14-23/h5-14,21H,15-20H2,1-4H3/t21-/m1/s1. The molecular formula is C25H35N3. The maximum atomic E-state index is 2.80. The van der Waals surface area contributed by atoms with Crippen molar-refractivity contribution in [1.29, 1.82) is 0 Å². The highest BCUT2D eigenvalue weighted by molar-refractivity contribution is 5.20. The van der Waals surface area contributed by atoms with Crippen LogP contribution in [0.4, 0.5) is 0 Å². The molecule has 2 aromatic rings. The van der Waals surface area contributed by atoms with Crippen molar-refractivity contribution in [2.45, 2.75) is 57.9 Å². The average Bonchev–Trinajstić information content (AvgIpc) is 2.62. The Labute approximate surface area is 171 Å². The summed E-state index contributed by atoms with van der Waals surface area (Å²) < 4.78 is 0. The number of benzene rings is 2. The molecule has 1 spiro atoms. The van der Waals surface area contributed by atoms with Gasteiger partial charge in [-0.2, -0.15) is 0 Å². The van der Waals surface area contributed by atoms with Crippen molar-refractivity contribution in [1.82, 2.24) is 14.7 Å². The van der Waals surface area contributed by atoms with E-state index in [4.69, 9.17) is 0 Å². The van der Waals surface area contributed by atoms with Gasteiger partial charge in [-0.15, -0.1) is 0 Å². The highest BCUT2D eigenvalue weighted by atomic mass is 15.4. The monoisotopic (exact) mass is 377 g/mol. The second-order valence-corrected chi connectivity index (χ2v) is 9.87. The summed E-state index contributed by atoms with van der Waals surface area (Å²) >= 11 is 0. The van der Waals surface area contributed by atoms with Crippen LogP contribution in [-0.2, 0) is 13.1 Å². The van der Waals surface area contributed by atoms with Crippen molar-refractivity contribution in [3.05, 3.63) is 71.8 Å². The van der Waals surface area contributed by atoms with E-state index in [-0.39, 0.29) is 11.1 Å². The van der Waals surface area contributed by atoms with Gasteiger partial charge < -0.3 is 0 Å². The van der Waals surface area contributed by atoms with Crippen LogP contribution >= 0.6 is 0 Å². The van der Waals surface area contributed by atoms with Gasteiger partial charge in [0.15, 0.2) is 0 Å². The lowest BCUT2D eigenvalue weighted by molar-refractivity contribution is -0.152. The number of piperazine rings is 1. The molecule has 0 amide bonds. The van der Waals surface area contributed by atoms with E-state index in [1.165, 1.54) is 24.2 Å². The minimum absolute atomic E-state index is 0.245. The predicted octanol–water partition coefficient (Wildman–Crippen LogP) is 4.25. The van der Waals surface area contributed by atoms with Gasteiger partial charge in [-0.25, -0.2) is 0 Å². The maximum absolute atomic E-state index is 2.80. The molecule has 2 heterocycles. The molecule has 150 valence electrons. The fourth-order valence-electron chi connectivity index (χ4n) is 5.00. The molecule has 0 radical (unpaired) electrons. The summed E-state index contributed by atoms with van der Waals surface area (Å²) in [6.07, 6.45) is 0. The Bertz CT molecular complexity index is 759. The SMILES string of the molecule is C[C@@H]1CN(Cc2ccccc2)CC2(CN(C(C)(C)C)C2)N1Cc1ccccc1. The second-order valence-electron chi connectivity index (χ2n) is 9.87. The van der Waals surface area contributed by atoms with Gasteiger partial charge in [0.2, 0.25) is 0 Å². The molecule has 2 aliphatic heterocycles. The molecule has 0 saturated carbocycles. The number of hydrogen-bond donors (Lipinski definition) is 0. The number of nitrogens with zero attached hydrogens (tertiary/aromatic N) is 3. The lowest BCUT2D eigenvalue weighted by Crippen LogP contribution is -2.80. The van der Waals surface area contributed by atoms with Crippen LogP contribution in [0.25, 0.3) is 0 Å². The summed E-state index contributed by atoms with van der Waals surface area (Å²) in [4.78, 5) is 8.12. The van der Waals surface area contributed by atoms with Crippen molar-refractivity contribution >= 4 is 0 Å². The van der Waals surface area contributed by atoms with Crippen molar-refractivity contribution in [2.75, 3.05) is 26.2 Å². The lowest BCUT2D eigenvalue weighted by atomic mass is 9.79. The Hall–Kier alpha value is -1.68. The smallest absolute Gasteiger partial charge is 0.0597 e. The summed E-state index contributed by atoms with van der Waals surface area (Å²) in [6, 6.07) is 22.5. The fourth-order valence-corrected chi connectivity index (χ4v) is 5.00. The summed E-state index contributed by atoms with van der Waals surface area (Å²) in [5, 5.41) is 0. The van der Waals surface area contributed by atoms with Gasteiger partial charge in [0, 0.05) is 50.8 Å². The van der Waals surface area contributed by atoms with Crippen molar-refractivity contribution in [3.63, 3.8) is 0 Å². The van der Waals surface area contributed by atoms with Gasteiger partial charge in [-0.3, -0.25) is 14.7 Å². The van der Waals surface area contributed by atoms with Crippen molar-refractivity contribution in [3.8, 4) is 0 Å². The Morgan fingerprint density at radius 2 is 1.36 bits per heavy atom. The Balaban J connectivity index is 1.54. The average molecular weight is 378 g/mol. The Morgan fingerprint density at radius 1 is 0.821 bits per heavy atom. The second kappa shape index (κ2) is 7.62. The van der Waals surface area contributed by atoms with Crippen LogP contribution in [0.15, 0.2) is 60.7 Å². The number of rotatable bonds is 4. The molecule has 2 aliphatic rings. The molecule has 2 saturated heterocycles. The van der Waals surface area contributed by atoms with Crippen molar-refractivity contribution in [2.24, 2.45) is 0 Å². The molecule has 28 heavy (non-hydrogen) atoms. The molecule has 0 N–H and O–H groups in total. The summed E-state index contributed by atoms with van der Waals surface area (Å²) in [6.45, 7) is 16.2. The third-order valence-electron chi connectivity index (χ3n) is 6.55. The minimum atomic E-state index is 0.245. The molecule has 0 unspecified atom stereocenters. The van der Waals surface area contributed by atoms with Gasteiger partial charge in [0.1, 0.15) is 0 Å². The zero-order chi connectivity index (χ0) is 19.8. The van der Waals surface area contributed by atoms with Crippen LogP contribution in [-0.4, -0.2) is 58.0 Å². The van der Waals surface area contributed by atoms with Gasteiger partial charge >= 0.3 is 0 Å². The highest BCUT2D eigenvalue weighted by Crippen LogP contribution is 2.39. The minimum Gasteiger partial charge on any atom is -0.296 e. The summed E-state index contributed by atoms with van der Waals surface area (Å²) in [5.41, 5.74) is 3.36. The van der Waals surface area contributed by atoms with E-state index in [0.717, 1.165) is 26.2 Å². The first kappa shape index (κ1) is 19.6. The molecule has 2 fully saturated rings. The zero-order valence-electron chi connectivity index (χ0n) is 17.9. The lowest BCUT2D eigenvalue weighted by Gasteiger charge is -2.65. The van der Waals surface area contributed by atoms with E-state index in [9.17, 15) is 0 Å². The van der Waals surface area contributed by atoms with Crippen LogP contribution in [0, 0.1) is 0 Å². The topological polar surface area (TPSA) is 9.72 Å². The highest BCUT2D eigenvalue weighted by Gasteiger charge is 2.54. The molecule has 0 aromatic heterocycles. The summed E-state index contributed by atoms with van der Waals surface area (Å²) in [5.74, 6) is 0. The first-order valence-electron chi connectivity index (χ1n) is 10.7. The van der Waals surface area contributed by atoms with E-state index >= 15 is 0 Å². The molecule has 4 rings (SSSR count). The predicted molar refractivity (Wildman–Crippen MR) is 117 cm³/mol. The van der Waals surface area contributed by atoms with E-state index < -0.39 is 0 Å². The molecule has 3 nitrogen and oxygen atoms in total. The Kier molecular flexibility index (Phi) is 5.34. The van der Waals surface area contributed by atoms with Crippen LogP contribution in [0.5, 0.6) is 0 Å². The quantitative estimate of drug-likeness (QED) is 0.789. The number of likely N-dealkylation sites (tertiary alicyclic amines) is 1. The third-order valence-corrected chi connectivity index (χ3v) is 6.55. The van der Waals surface area contributed by atoms with E-state index in [2.05, 4.69) is 103 Å². The van der Waals surface area contributed by atoms with Crippen molar-refractivity contribution < 1.29 is 0 Å². The fraction of sp³-hybridized carbons (Fsp3) is 0.520. The van der Waals surface area contributed by atoms with E-state index in [1.54, 1.807) is 0 Å². The third kappa shape index (κ3) is 4.03. The van der Waals surface area contributed by atoms with E-state index in [0.29, 0.717) is 6.04 Å². The van der Waals surface area contributed by atoms with Crippen LogP contribution in [0.3, 0.4) is 0 Å². The van der Waals surface area contributed by atoms with Gasteiger partial charge in [0.05, 0.1) is 5.54 Å². The normalized spacial score (nSPS) is 23.6. The number of hydrogen-bond acceptors (Lipinski definition) is 3. The molecule has 0 aliphatic carbocycles. The first-order valence-corrected chi connectivity index (χ1v) is 10.7. The van der Waals surface area contributed by atoms with Gasteiger partial charge in [-0.1, -0.05) is 60.7 Å². The van der Waals surface area contributed by atoms with E-state index in [1.807, 2.05) is 0 Å². The van der Waals surface area contributed by atoms with Crippen LogP contribution in [0.1, 0.15) is 38.8 Å². The molecular weight excluding hydrogens is 342 g/mol. The molecule has 0 bridgehead atoms. The van der Waals surface area contributed by atoms with Gasteiger partial charge in [-0.05, 0) is 38.8 Å². The van der Waals surface area contributed by atoms with Crippen LogP contribution in [0.2, 0.25) is 0 Å². The molecule has 1 atom stereocenters. The maximum Gasteiger partial charge on any atom is 0.0597 e. The van der Waals surface area contributed by atoms with Gasteiger partial charge in [0.25, 0.3) is 0 Å². The Morgan fingerprint density at radius 3 is 1.89 bits per heavy atom.